The predicted octanol–water partition coefficient (Wildman–Crippen LogP) is 3.07. The Balaban J connectivity index is 1.53. The summed E-state index contributed by atoms with van der Waals surface area (Å²) in [7, 11) is 1.91. The first-order valence-corrected chi connectivity index (χ1v) is 9.88. The molecule has 0 unspecified atom stereocenters. The van der Waals surface area contributed by atoms with Crippen LogP contribution < -0.4 is 5.73 Å². The van der Waals surface area contributed by atoms with E-state index in [-0.39, 0.29) is 11.9 Å². The van der Waals surface area contributed by atoms with Crippen LogP contribution in [0.25, 0.3) is 0 Å². The largest absolute Gasteiger partial charge is 0.341 e. The van der Waals surface area contributed by atoms with E-state index in [0.717, 1.165) is 31.5 Å². The number of benzene rings is 2. The standard InChI is InChI=1S/C23H31N3O/c1-18-15-21(13-14-26(18)17-20-11-7-4-8-12-20)25(2)23(27)22(24)16-19-9-5-3-6-10-19/h3-12,18,21-22H,13-17,24H2,1-2H3/t18-,21+,22+/m1/s1. The van der Waals surface area contributed by atoms with Gasteiger partial charge in [-0.15, -0.1) is 0 Å². The molecular formula is C23H31N3O. The van der Waals surface area contributed by atoms with Crippen molar-refractivity contribution in [3.63, 3.8) is 0 Å². The van der Waals surface area contributed by atoms with Crippen molar-refractivity contribution in [2.75, 3.05) is 13.6 Å². The Morgan fingerprint density at radius 1 is 1.11 bits per heavy atom. The first-order chi connectivity index (χ1) is 13.0. The fourth-order valence-corrected chi connectivity index (χ4v) is 4.00. The van der Waals surface area contributed by atoms with E-state index in [2.05, 4.69) is 42.2 Å². The molecule has 4 heteroatoms. The lowest BCUT2D eigenvalue weighted by Gasteiger charge is -2.41. The molecule has 27 heavy (non-hydrogen) atoms. The number of carbonyl (C=O) groups excluding carboxylic acids is 1. The molecule has 1 aliphatic rings. The van der Waals surface area contributed by atoms with E-state index in [4.69, 9.17) is 5.73 Å². The average Bonchev–Trinajstić information content (AvgIpc) is 2.70. The maximum Gasteiger partial charge on any atom is 0.239 e. The molecule has 1 saturated heterocycles. The van der Waals surface area contributed by atoms with Crippen LogP contribution in [0.5, 0.6) is 0 Å². The minimum absolute atomic E-state index is 0.0487. The lowest BCUT2D eigenvalue weighted by Crippen LogP contribution is -2.53. The maximum atomic E-state index is 12.8. The minimum Gasteiger partial charge on any atom is -0.341 e. The average molecular weight is 366 g/mol. The minimum atomic E-state index is -0.477. The van der Waals surface area contributed by atoms with E-state index < -0.39 is 6.04 Å². The molecule has 0 radical (unpaired) electrons. The molecule has 0 aromatic heterocycles. The molecule has 0 aliphatic carbocycles. The van der Waals surface area contributed by atoms with Crippen molar-refractivity contribution in [1.82, 2.24) is 9.80 Å². The van der Waals surface area contributed by atoms with Crippen LogP contribution in [0.3, 0.4) is 0 Å². The summed E-state index contributed by atoms with van der Waals surface area (Å²) in [6.07, 6.45) is 2.58. The third-order valence-corrected chi connectivity index (χ3v) is 5.73. The van der Waals surface area contributed by atoms with E-state index >= 15 is 0 Å². The quantitative estimate of drug-likeness (QED) is 0.856. The van der Waals surface area contributed by atoms with Crippen molar-refractivity contribution in [2.45, 2.75) is 50.9 Å². The number of carbonyl (C=O) groups is 1. The summed E-state index contributed by atoms with van der Waals surface area (Å²) >= 11 is 0. The molecule has 144 valence electrons. The van der Waals surface area contributed by atoms with Crippen LogP contribution in [0, 0.1) is 0 Å². The van der Waals surface area contributed by atoms with Gasteiger partial charge in [-0.3, -0.25) is 9.69 Å². The van der Waals surface area contributed by atoms with Crippen LogP contribution in [0.15, 0.2) is 60.7 Å². The second-order valence-corrected chi connectivity index (χ2v) is 7.73. The Bertz CT molecular complexity index is 719. The van der Waals surface area contributed by atoms with Gasteiger partial charge in [0.05, 0.1) is 6.04 Å². The van der Waals surface area contributed by atoms with E-state index in [1.165, 1.54) is 5.56 Å². The summed E-state index contributed by atoms with van der Waals surface area (Å²) in [5.41, 5.74) is 8.67. The van der Waals surface area contributed by atoms with Gasteiger partial charge in [0.25, 0.3) is 0 Å². The molecule has 3 rings (SSSR count). The number of piperidine rings is 1. The molecular weight excluding hydrogens is 334 g/mol. The summed E-state index contributed by atoms with van der Waals surface area (Å²) in [6, 6.07) is 20.8. The number of nitrogens with zero attached hydrogens (tertiary/aromatic N) is 2. The van der Waals surface area contributed by atoms with Crippen molar-refractivity contribution < 1.29 is 4.79 Å². The number of nitrogens with two attached hydrogens (primary N) is 1. The van der Waals surface area contributed by atoms with Crippen molar-refractivity contribution >= 4 is 5.91 Å². The second kappa shape index (κ2) is 9.16. The molecule has 0 spiro atoms. The van der Waals surface area contributed by atoms with Crippen LogP contribution in [-0.2, 0) is 17.8 Å². The Hall–Kier alpha value is -2.17. The lowest BCUT2D eigenvalue weighted by atomic mass is 9.95. The first-order valence-electron chi connectivity index (χ1n) is 9.88. The maximum absolute atomic E-state index is 12.8. The Labute approximate surface area is 163 Å². The fourth-order valence-electron chi connectivity index (χ4n) is 4.00. The zero-order valence-electron chi connectivity index (χ0n) is 16.4. The molecule has 1 fully saturated rings. The molecule has 4 nitrogen and oxygen atoms in total. The lowest BCUT2D eigenvalue weighted by molar-refractivity contribution is -0.134. The van der Waals surface area contributed by atoms with Gasteiger partial charge in [-0.2, -0.15) is 0 Å². The fraction of sp³-hybridized carbons (Fsp3) is 0.435. The molecule has 2 aromatic rings. The van der Waals surface area contributed by atoms with Gasteiger partial charge in [-0.25, -0.2) is 0 Å². The number of likely N-dealkylation sites (N-methyl/N-ethyl adjacent to an activating group) is 1. The summed E-state index contributed by atoms with van der Waals surface area (Å²) in [5, 5.41) is 0. The van der Waals surface area contributed by atoms with Crippen molar-refractivity contribution in [3.8, 4) is 0 Å². The van der Waals surface area contributed by atoms with Crippen LogP contribution >= 0.6 is 0 Å². The molecule has 1 amide bonds. The van der Waals surface area contributed by atoms with Crippen LogP contribution in [0.2, 0.25) is 0 Å². The number of hydrogen-bond donors (Lipinski definition) is 1. The van der Waals surface area contributed by atoms with Gasteiger partial charge >= 0.3 is 0 Å². The zero-order valence-corrected chi connectivity index (χ0v) is 16.4. The summed E-state index contributed by atoms with van der Waals surface area (Å²) in [5.74, 6) is 0.0487. The van der Waals surface area contributed by atoms with Crippen molar-refractivity contribution in [3.05, 3.63) is 71.8 Å². The number of rotatable bonds is 6. The van der Waals surface area contributed by atoms with Crippen LogP contribution in [0.1, 0.15) is 30.9 Å². The highest BCUT2D eigenvalue weighted by Gasteiger charge is 2.31. The monoisotopic (exact) mass is 365 g/mol. The van der Waals surface area contributed by atoms with Crippen LogP contribution in [0.4, 0.5) is 0 Å². The predicted molar refractivity (Wildman–Crippen MR) is 110 cm³/mol. The van der Waals surface area contributed by atoms with Gasteiger partial charge < -0.3 is 10.6 Å². The molecule has 1 aliphatic heterocycles. The number of amides is 1. The van der Waals surface area contributed by atoms with Gasteiger partial charge in [0.1, 0.15) is 0 Å². The van der Waals surface area contributed by atoms with E-state index in [1.54, 1.807) is 0 Å². The summed E-state index contributed by atoms with van der Waals surface area (Å²) in [4.78, 5) is 17.2. The second-order valence-electron chi connectivity index (χ2n) is 7.73. The van der Waals surface area contributed by atoms with Crippen molar-refractivity contribution in [1.29, 1.82) is 0 Å². The van der Waals surface area contributed by atoms with Gasteiger partial charge in [-0.1, -0.05) is 60.7 Å². The topological polar surface area (TPSA) is 49.6 Å². The third kappa shape index (κ3) is 5.18. The van der Waals surface area contributed by atoms with E-state index in [9.17, 15) is 4.79 Å². The summed E-state index contributed by atoms with van der Waals surface area (Å²) < 4.78 is 0. The number of hydrogen-bond acceptors (Lipinski definition) is 3. The zero-order chi connectivity index (χ0) is 19.2. The highest BCUT2D eigenvalue weighted by atomic mass is 16.2. The van der Waals surface area contributed by atoms with E-state index in [0.29, 0.717) is 12.5 Å². The Morgan fingerprint density at radius 2 is 1.70 bits per heavy atom. The van der Waals surface area contributed by atoms with E-state index in [1.807, 2.05) is 42.3 Å². The van der Waals surface area contributed by atoms with Crippen LogP contribution in [-0.4, -0.2) is 47.4 Å². The molecule has 1 heterocycles. The van der Waals surface area contributed by atoms with Gasteiger partial charge in [0, 0.05) is 32.2 Å². The smallest absolute Gasteiger partial charge is 0.239 e. The first kappa shape index (κ1) is 19.6. The Morgan fingerprint density at radius 3 is 2.30 bits per heavy atom. The SMILES string of the molecule is C[C@@H]1C[C@@H](N(C)C(=O)[C@@H](N)Cc2ccccc2)CCN1Cc1ccccc1. The molecule has 0 bridgehead atoms. The van der Waals surface area contributed by atoms with Gasteiger partial charge in [-0.05, 0) is 37.3 Å². The summed E-state index contributed by atoms with van der Waals surface area (Å²) in [6.45, 7) is 4.24. The Kier molecular flexibility index (Phi) is 6.64. The molecule has 2 N–H and O–H groups in total. The highest BCUT2D eigenvalue weighted by Crippen LogP contribution is 2.23. The molecule has 2 aromatic carbocycles. The number of likely N-dealkylation sites (tertiary alicyclic amines) is 1. The molecule has 0 saturated carbocycles. The van der Waals surface area contributed by atoms with Gasteiger partial charge in [0.2, 0.25) is 5.91 Å². The highest BCUT2D eigenvalue weighted by molar-refractivity contribution is 5.82. The van der Waals surface area contributed by atoms with Gasteiger partial charge in [0.15, 0.2) is 0 Å². The molecule has 3 atom stereocenters. The third-order valence-electron chi connectivity index (χ3n) is 5.73. The normalized spacial score (nSPS) is 21.6. The van der Waals surface area contributed by atoms with Crippen molar-refractivity contribution in [2.24, 2.45) is 5.73 Å².